The highest BCUT2D eigenvalue weighted by atomic mass is 16.3. The standard InChI is InChI=1S/C16H12N2O2/c1-2-15(19)17-12-9-7-11(8-10-12)16-18-13-5-3-4-6-14(13)20-16/h2-10H,1H2,(H,17,19). The summed E-state index contributed by atoms with van der Waals surface area (Å²) in [5.74, 6) is 0.326. The molecule has 0 saturated carbocycles. The molecule has 1 amide bonds. The average Bonchev–Trinajstić information content (AvgIpc) is 2.91. The molecule has 0 unspecified atom stereocenters. The number of benzene rings is 2. The van der Waals surface area contributed by atoms with E-state index in [2.05, 4.69) is 16.9 Å². The summed E-state index contributed by atoms with van der Waals surface area (Å²) in [6.07, 6.45) is 1.23. The van der Waals surface area contributed by atoms with Gasteiger partial charge in [0.1, 0.15) is 5.52 Å². The summed E-state index contributed by atoms with van der Waals surface area (Å²) in [7, 11) is 0. The van der Waals surface area contributed by atoms with Crippen molar-refractivity contribution in [1.29, 1.82) is 0 Å². The van der Waals surface area contributed by atoms with Crippen LogP contribution in [0.15, 0.2) is 65.6 Å². The molecule has 0 fully saturated rings. The molecule has 3 aromatic rings. The molecule has 0 aliphatic carbocycles. The van der Waals surface area contributed by atoms with E-state index in [1.807, 2.05) is 36.4 Å². The fourth-order valence-electron chi connectivity index (χ4n) is 1.89. The van der Waals surface area contributed by atoms with Crippen molar-refractivity contribution in [2.24, 2.45) is 0 Å². The van der Waals surface area contributed by atoms with E-state index in [1.54, 1.807) is 12.1 Å². The minimum Gasteiger partial charge on any atom is -0.436 e. The highest BCUT2D eigenvalue weighted by Gasteiger charge is 2.07. The molecule has 1 heterocycles. The van der Waals surface area contributed by atoms with Crippen molar-refractivity contribution < 1.29 is 9.21 Å². The van der Waals surface area contributed by atoms with Gasteiger partial charge in [0.25, 0.3) is 0 Å². The number of nitrogens with one attached hydrogen (secondary N) is 1. The third kappa shape index (κ3) is 2.31. The zero-order valence-electron chi connectivity index (χ0n) is 10.7. The van der Waals surface area contributed by atoms with Crippen molar-refractivity contribution in [3.8, 4) is 11.5 Å². The number of fused-ring (bicyclic) bond motifs is 1. The highest BCUT2D eigenvalue weighted by Crippen LogP contribution is 2.25. The average molecular weight is 264 g/mol. The fraction of sp³-hybridized carbons (Fsp3) is 0. The van der Waals surface area contributed by atoms with Crippen molar-refractivity contribution in [2.45, 2.75) is 0 Å². The van der Waals surface area contributed by atoms with Gasteiger partial charge >= 0.3 is 0 Å². The Hall–Kier alpha value is -2.88. The van der Waals surface area contributed by atoms with E-state index < -0.39 is 0 Å². The van der Waals surface area contributed by atoms with Crippen LogP contribution in [0.1, 0.15) is 0 Å². The van der Waals surface area contributed by atoms with Gasteiger partial charge in [-0.15, -0.1) is 0 Å². The van der Waals surface area contributed by atoms with Crippen LogP contribution in [0.2, 0.25) is 0 Å². The highest BCUT2D eigenvalue weighted by molar-refractivity contribution is 5.98. The number of anilines is 1. The molecule has 0 bridgehead atoms. The molecule has 1 aromatic heterocycles. The van der Waals surface area contributed by atoms with Crippen molar-refractivity contribution in [3.63, 3.8) is 0 Å². The molecule has 2 aromatic carbocycles. The van der Waals surface area contributed by atoms with E-state index in [9.17, 15) is 4.79 Å². The van der Waals surface area contributed by atoms with E-state index >= 15 is 0 Å². The number of aromatic nitrogens is 1. The van der Waals surface area contributed by atoms with Gasteiger partial charge in [0.05, 0.1) is 0 Å². The smallest absolute Gasteiger partial charge is 0.247 e. The first-order valence-corrected chi connectivity index (χ1v) is 6.16. The number of hydrogen-bond acceptors (Lipinski definition) is 3. The summed E-state index contributed by atoms with van der Waals surface area (Å²) in [6.45, 7) is 3.41. The van der Waals surface area contributed by atoms with Gasteiger partial charge in [-0.05, 0) is 42.5 Å². The van der Waals surface area contributed by atoms with Crippen LogP contribution in [0.3, 0.4) is 0 Å². The summed E-state index contributed by atoms with van der Waals surface area (Å²) >= 11 is 0. The third-order valence-corrected chi connectivity index (χ3v) is 2.88. The summed E-state index contributed by atoms with van der Waals surface area (Å²) in [5, 5.41) is 2.69. The lowest BCUT2D eigenvalue weighted by Gasteiger charge is -2.02. The fourth-order valence-corrected chi connectivity index (χ4v) is 1.89. The molecule has 1 N–H and O–H groups in total. The van der Waals surface area contributed by atoms with Crippen LogP contribution < -0.4 is 5.32 Å². The van der Waals surface area contributed by atoms with Gasteiger partial charge in [-0.3, -0.25) is 4.79 Å². The normalized spacial score (nSPS) is 10.4. The van der Waals surface area contributed by atoms with Crippen molar-refractivity contribution in [2.75, 3.05) is 5.32 Å². The van der Waals surface area contributed by atoms with Gasteiger partial charge in [0, 0.05) is 11.3 Å². The SMILES string of the molecule is C=CC(=O)Nc1ccc(-c2nc3ccccc3o2)cc1. The lowest BCUT2D eigenvalue weighted by Crippen LogP contribution is -2.06. The Morgan fingerprint density at radius 3 is 2.60 bits per heavy atom. The predicted molar refractivity (Wildman–Crippen MR) is 78.3 cm³/mol. The number of para-hydroxylation sites is 2. The molecule has 98 valence electrons. The molecule has 0 atom stereocenters. The van der Waals surface area contributed by atoms with Crippen molar-refractivity contribution >= 4 is 22.7 Å². The number of rotatable bonds is 3. The predicted octanol–water partition coefficient (Wildman–Crippen LogP) is 3.62. The Morgan fingerprint density at radius 2 is 1.90 bits per heavy atom. The Bertz CT molecular complexity index is 740. The molecule has 0 spiro atoms. The number of amides is 1. The van der Waals surface area contributed by atoms with Crippen LogP contribution in [0, 0.1) is 0 Å². The Morgan fingerprint density at radius 1 is 1.15 bits per heavy atom. The minimum atomic E-state index is -0.236. The summed E-state index contributed by atoms with van der Waals surface area (Å²) < 4.78 is 5.68. The Balaban J connectivity index is 1.90. The maximum atomic E-state index is 11.2. The topological polar surface area (TPSA) is 55.1 Å². The monoisotopic (exact) mass is 264 g/mol. The van der Waals surface area contributed by atoms with Gasteiger partial charge in [-0.25, -0.2) is 4.98 Å². The molecule has 0 aliphatic heterocycles. The van der Waals surface area contributed by atoms with Crippen LogP contribution in [0.5, 0.6) is 0 Å². The number of hydrogen-bond donors (Lipinski definition) is 1. The number of carbonyl (C=O) groups excluding carboxylic acids is 1. The van der Waals surface area contributed by atoms with E-state index in [0.717, 1.165) is 16.7 Å². The molecule has 0 aliphatic rings. The van der Waals surface area contributed by atoms with Crippen LogP contribution in [0.4, 0.5) is 5.69 Å². The molecule has 4 nitrogen and oxygen atoms in total. The molecule has 3 rings (SSSR count). The van der Waals surface area contributed by atoms with Crippen LogP contribution >= 0.6 is 0 Å². The zero-order valence-corrected chi connectivity index (χ0v) is 10.7. The largest absolute Gasteiger partial charge is 0.436 e. The second-order valence-electron chi connectivity index (χ2n) is 4.26. The summed E-state index contributed by atoms with van der Waals surface area (Å²) in [6, 6.07) is 14.9. The second kappa shape index (κ2) is 5.01. The van der Waals surface area contributed by atoms with Crippen LogP contribution in [0.25, 0.3) is 22.6 Å². The lowest BCUT2D eigenvalue weighted by atomic mass is 10.2. The molecule has 0 saturated heterocycles. The molecule has 4 heteroatoms. The van der Waals surface area contributed by atoms with E-state index in [4.69, 9.17) is 4.42 Å². The number of carbonyl (C=O) groups is 1. The zero-order chi connectivity index (χ0) is 13.9. The molecular weight excluding hydrogens is 252 g/mol. The van der Waals surface area contributed by atoms with Crippen LogP contribution in [-0.4, -0.2) is 10.9 Å². The first kappa shape index (κ1) is 12.2. The molecule has 0 radical (unpaired) electrons. The number of oxazole rings is 1. The Labute approximate surface area is 115 Å². The van der Waals surface area contributed by atoms with Crippen molar-refractivity contribution in [3.05, 3.63) is 61.2 Å². The quantitative estimate of drug-likeness (QED) is 0.735. The van der Waals surface area contributed by atoms with Crippen LogP contribution in [-0.2, 0) is 4.79 Å². The van der Waals surface area contributed by atoms with E-state index in [0.29, 0.717) is 11.6 Å². The first-order valence-electron chi connectivity index (χ1n) is 6.16. The number of nitrogens with zero attached hydrogens (tertiary/aromatic N) is 1. The third-order valence-electron chi connectivity index (χ3n) is 2.88. The summed E-state index contributed by atoms with van der Waals surface area (Å²) in [4.78, 5) is 15.6. The summed E-state index contributed by atoms with van der Waals surface area (Å²) in [5.41, 5.74) is 3.14. The Kier molecular flexibility index (Phi) is 3.05. The second-order valence-corrected chi connectivity index (χ2v) is 4.26. The van der Waals surface area contributed by atoms with E-state index in [-0.39, 0.29) is 5.91 Å². The molecule has 20 heavy (non-hydrogen) atoms. The maximum Gasteiger partial charge on any atom is 0.247 e. The minimum absolute atomic E-state index is 0.236. The molecular formula is C16H12N2O2. The van der Waals surface area contributed by atoms with Gasteiger partial charge in [0.2, 0.25) is 11.8 Å². The van der Waals surface area contributed by atoms with E-state index in [1.165, 1.54) is 6.08 Å². The van der Waals surface area contributed by atoms with Gasteiger partial charge in [-0.1, -0.05) is 18.7 Å². The van der Waals surface area contributed by atoms with Gasteiger partial charge in [0.15, 0.2) is 5.58 Å². The lowest BCUT2D eigenvalue weighted by molar-refractivity contribution is -0.111. The van der Waals surface area contributed by atoms with Crippen molar-refractivity contribution in [1.82, 2.24) is 4.98 Å². The van der Waals surface area contributed by atoms with Gasteiger partial charge in [-0.2, -0.15) is 0 Å². The van der Waals surface area contributed by atoms with Gasteiger partial charge < -0.3 is 9.73 Å². The first-order chi connectivity index (χ1) is 9.76. The maximum absolute atomic E-state index is 11.2.